The number of hydrogen-bond acceptors (Lipinski definition) is 3. The van der Waals surface area contributed by atoms with Gasteiger partial charge in [-0.15, -0.1) is 0 Å². The molecular weight excluding hydrogens is 192 g/mol. The molecule has 2 saturated carbocycles. The van der Waals surface area contributed by atoms with Crippen LogP contribution < -0.4 is 11.3 Å². The number of rotatable bonds is 1. The normalized spacial score (nSPS) is 56.1. The van der Waals surface area contributed by atoms with Crippen molar-refractivity contribution in [2.75, 3.05) is 6.61 Å². The van der Waals surface area contributed by atoms with Crippen molar-refractivity contribution in [3.63, 3.8) is 0 Å². The average molecular weight is 210 g/mol. The Labute approximate surface area is 89.5 Å². The lowest BCUT2D eigenvalue weighted by Crippen LogP contribution is -2.56. The maximum atomic E-state index is 12.0. The van der Waals surface area contributed by atoms with Crippen LogP contribution in [0.1, 0.15) is 33.1 Å². The average Bonchev–Trinajstić information content (AvgIpc) is 2.70. The Balaban J connectivity index is 2.12. The molecule has 4 bridgehead atoms. The molecule has 0 radical (unpaired) electrons. The summed E-state index contributed by atoms with van der Waals surface area (Å²) < 4.78 is 5.84. The first-order chi connectivity index (χ1) is 7.00. The van der Waals surface area contributed by atoms with Crippen LogP contribution in [-0.4, -0.2) is 18.1 Å². The molecule has 15 heavy (non-hydrogen) atoms. The summed E-state index contributed by atoms with van der Waals surface area (Å²) in [6, 6.07) is 0. The molecule has 4 heteroatoms. The zero-order chi connectivity index (χ0) is 10.9. The van der Waals surface area contributed by atoms with Crippen LogP contribution in [0.15, 0.2) is 0 Å². The van der Waals surface area contributed by atoms with E-state index in [1.54, 1.807) is 0 Å². The van der Waals surface area contributed by atoms with Gasteiger partial charge in [0, 0.05) is 10.8 Å². The number of carbonyl (C=O) groups is 1. The van der Waals surface area contributed by atoms with Gasteiger partial charge < -0.3 is 4.74 Å². The van der Waals surface area contributed by atoms with E-state index in [1.807, 2.05) is 0 Å². The van der Waals surface area contributed by atoms with E-state index in [1.165, 1.54) is 6.42 Å². The van der Waals surface area contributed by atoms with Crippen molar-refractivity contribution in [1.82, 2.24) is 5.43 Å². The summed E-state index contributed by atoms with van der Waals surface area (Å²) in [4.78, 5) is 12.0. The molecule has 3 rings (SSSR count). The van der Waals surface area contributed by atoms with Gasteiger partial charge in [-0.25, -0.2) is 5.84 Å². The Kier molecular flexibility index (Phi) is 1.52. The van der Waals surface area contributed by atoms with Gasteiger partial charge in [-0.05, 0) is 25.2 Å². The molecule has 1 amide bonds. The van der Waals surface area contributed by atoms with Crippen molar-refractivity contribution in [2.24, 2.45) is 22.6 Å². The van der Waals surface area contributed by atoms with E-state index >= 15 is 0 Å². The molecule has 4 nitrogen and oxygen atoms in total. The lowest BCUT2D eigenvalue weighted by molar-refractivity contribution is -0.155. The second-order valence-corrected chi connectivity index (χ2v) is 5.78. The summed E-state index contributed by atoms with van der Waals surface area (Å²) in [5, 5.41) is 0. The lowest BCUT2D eigenvalue weighted by atomic mass is 9.66. The van der Waals surface area contributed by atoms with Crippen molar-refractivity contribution in [1.29, 1.82) is 0 Å². The van der Waals surface area contributed by atoms with Crippen molar-refractivity contribution in [2.45, 2.75) is 38.7 Å². The molecule has 0 unspecified atom stereocenters. The molecule has 3 fully saturated rings. The Morgan fingerprint density at radius 1 is 1.53 bits per heavy atom. The summed E-state index contributed by atoms with van der Waals surface area (Å²) in [5.74, 6) is 5.79. The second kappa shape index (κ2) is 2.38. The van der Waals surface area contributed by atoms with E-state index in [0.29, 0.717) is 12.5 Å². The first-order valence-corrected chi connectivity index (χ1v) is 5.65. The Bertz CT molecular complexity index is 345. The number of hydrazine groups is 1. The monoisotopic (exact) mass is 210 g/mol. The van der Waals surface area contributed by atoms with Crippen LogP contribution in [0.3, 0.4) is 0 Å². The Morgan fingerprint density at radius 3 is 2.80 bits per heavy atom. The molecular formula is C11H18N2O2. The van der Waals surface area contributed by atoms with E-state index in [0.717, 1.165) is 12.8 Å². The predicted octanol–water partition coefficient (Wildman–Crippen LogP) is 0.572. The summed E-state index contributed by atoms with van der Waals surface area (Å²) in [6.45, 7) is 5.17. The highest BCUT2D eigenvalue weighted by Crippen LogP contribution is 2.74. The minimum absolute atomic E-state index is 0.0197. The largest absolute Gasteiger partial charge is 0.364 e. The molecule has 0 aromatic rings. The van der Waals surface area contributed by atoms with Gasteiger partial charge >= 0.3 is 0 Å². The molecule has 0 spiro atoms. The van der Waals surface area contributed by atoms with Gasteiger partial charge in [-0.3, -0.25) is 10.2 Å². The molecule has 1 aliphatic heterocycles. The van der Waals surface area contributed by atoms with Crippen molar-refractivity contribution in [3.05, 3.63) is 0 Å². The zero-order valence-electron chi connectivity index (χ0n) is 9.30. The fourth-order valence-electron chi connectivity index (χ4n) is 4.37. The number of amides is 1. The van der Waals surface area contributed by atoms with Gasteiger partial charge in [0.05, 0.1) is 6.61 Å². The standard InChI is InChI=1S/C11H18N2O2/c1-9-6-15-11(8(14)13-12)5-7(9)3-4-10(9,11)2/h7H,3-6,12H2,1-2H3,(H,13,14)/t7-,9-,10-,11-/m0/s1. The minimum atomic E-state index is -0.639. The minimum Gasteiger partial charge on any atom is -0.364 e. The van der Waals surface area contributed by atoms with Crippen molar-refractivity contribution < 1.29 is 9.53 Å². The first kappa shape index (κ1) is 9.60. The second-order valence-electron chi connectivity index (χ2n) is 5.78. The molecule has 2 aliphatic carbocycles. The Morgan fingerprint density at radius 2 is 2.27 bits per heavy atom. The van der Waals surface area contributed by atoms with Gasteiger partial charge in [0.1, 0.15) is 0 Å². The lowest BCUT2D eigenvalue weighted by Gasteiger charge is -2.39. The molecule has 1 heterocycles. The molecule has 4 atom stereocenters. The van der Waals surface area contributed by atoms with Crippen LogP contribution in [0, 0.1) is 16.7 Å². The number of nitrogens with one attached hydrogen (secondary N) is 1. The van der Waals surface area contributed by atoms with Crippen LogP contribution in [0.25, 0.3) is 0 Å². The smallest absolute Gasteiger partial charge is 0.266 e. The van der Waals surface area contributed by atoms with Crippen LogP contribution in [0.4, 0.5) is 0 Å². The SMILES string of the molecule is C[C@@]12CC[C@H]3C[C@@]1(C(=O)NN)OC[C@@]32C. The third-order valence-electron chi connectivity index (χ3n) is 5.70. The van der Waals surface area contributed by atoms with Gasteiger partial charge in [0.25, 0.3) is 5.91 Å². The van der Waals surface area contributed by atoms with Gasteiger partial charge in [0.2, 0.25) is 0 Å². The fraction of sp³-hybridized carbons (Fsp3) is 0.909. The van der Waals surface area contributed by atoms with E-state index in [4.69, 9.17) is 10.6 Å². The third-order valence-corrected chi connectivity index (χ3v) is 5.70. The highest BCUT2D eigenvalue weighted by atomic mass is 16.5. The first-order valence-electron chi connectivity index (χ1n) is 5.65. The topological polar surface area (TPSA) is 64.4 Å². The van der Waals surface area contributed by atoms with Crippen LogP contribution in [-0.2, 0) is 9.53 Å². The number of nitrogens with two attached hydrogens (primary N) is 1. The van der Waals surface area contributed by atoms with E-state index < -0.39 is 5.60 Å². The molecule has 0 aromatic carbocycles. The maximum Gasteiger partial charge on any atom is 0.266 e. The summed E-state index contributed by atoms with van der Waals surface area (Å²) in [7, 11) is 0. The third kappa shape index (κ3) is 0.712. The fourth-order valence-corrected chi connectivity index (χ4v) is 4.37. The molecule has 3 aliphatic rings. The highest BCUT2D eigenvalue weighted by molar-refractivity contribution is 5.87. The maximum absolute atomic E-state index is 12.0. The van der Waals surface area contributed by atoms with Crippen LogP contribution >= 0.6 is 0 Å². The van der Waals surface area contributed by atoms with E-state index in [2.05, 4.69) is 19.3 Å². The van der Waals surface area contributed by atoms with Crippen LogP contribution in [0.5, 0.6) is 0 Å². The van der Waals surface area contributed by atoms with Crippen LogP contribution in [0.2, 0.25) is 0 Å². The number of ether oxygens (including phenoxy) is 1. The predicted molar refractivity (Wildman–Crippen MR) is 54.6 cm³/mol. The van der Waals surface area contributed by atoms with E-state index in [-0.39, 0.29) is 16.7 Å². The quantitative estimate of drug-likeness (QED) is 0.378. The van der Waals surface area contributed by atoms with Crippen molar-refractivity contribution >= 4 is 5.91 Å². The number of hydrogen-bond donors (Lipinski definition) is 2. The van der Waals surface area contributed by atoms with Gasteiger partial charge in [-0.1, -0.05) is 13.8 Å². The molecule has 84 valence electrons. The summed E-state index contributed by atoms with van der Waals surface area (Å²) in [5.41, 5.74) is 1.81. The van der Waals surface area contributed by atoms with Gasteiger partial charge in [-0.2, -0.15) is 0 Å². The van der Waals surface area contributed by atoms with Gasteiger partial charge in [0.15, 0.2) is 5.60 Å². The summed E-state index contributed by atoms with van der Waals surface area (Å²) >= 11 is 0. The number of carbonyl (C=O) groups excluding carboxylic acids is 1. The molecule has 0 aromatic heterocycles. The molecule has 1 saturated heterocycles. The highest BCUT2D eigenvalue weighted by Gasteiger charge is 2.78. The molecule has 3 N–H and O–H groups in total. The Hall–Kier alpha value is -0.610. The van der Waals surface area contributed by atoms with Crippen molar-refractivity contribution in [3.8, 4) is 0 Å². The summed E-state index contributed by atoms with van der Waals surface area (Å²) in [6.07, 6.45) is 3.17. The van der Waals surface area contributed by atoms with E-state index in [9.17, 15) is 4.79 Å². The zero-order valence-corrected chi connectivity index (χ0v) is 9.30.